The standard InChI is InChI=1S/C10H17N3O/c11-9-3-1-2-4-10(9)14-6-8-5-12-7-13-8/h5,7,9-10H,1-4,6,11H2,(H,12,13)/t9-,10+/m0/s1. The minimum Gasteiger partial charge on any atom is -0.370 e. The van der Waals surface area contributed by atoms with Crippen LogP contribution in [-0.4, -0.2) is 22.1 Å². The van der Waals surface area contributed by atoms with Gasteiger partial charge in [-0.3, -0.25) is 0 Å². The molecular weight excluding hydrogens is 178 g/mol. The molecule has 1 heterocycles. The van der Waals surface area contributed by atoms with Gasteiger partial charge in [-0.2, -0.15) is 0 Å². The van der Waals surface area contributed by atoms with Gasteiger partial charge in [0, 0.05) is 6.04 Å². The number of rotatable bonds is 3. The van der Waals surface area contributed by atoms with Gasteiger partial charge in [-0.25, -0.2) is 4.98 Å². The number of nitrogens with one attached hydrogen (secondary N) is 1. The van der Waals surface area contributed by atoms with Gasteiger partial charge in [0.25, 0.3) is 0 Å². The smallest absolute Gasteiger partial charge is 0.0922 e. The van der Waals surface area contributed by atoms with Crippen molar-refractivity contribution in [1.82, 2.24) is 9.97 Å². The van der Waals surface area contributed by atoms with Gasteiger partial charge in [0.2, 0.25) is 0 Å². The van der Waals surface area contributed by atoms with E-state index in [1.807, 2.05) is 0 Å². The lowest BCUT2D eigenvalue weighted by molar-refractivity contribution is 0.00271. The Kier molecular flexibility index (Phi) is 3.16. The van der Waals surface area contributed by atoms with Crippen molar-refractivity contribution in [3.05, 3.63) is 18.2 Å². The molecule has 14 heavy (non-hydrogen) atoms. The predicted molar refractivity (Wildman–Crippen MR) is 53.6 cm³/mol. The highest BCUT2D eigenvalue weighted by Gasteiger charge is 2.22. The second-order valence-electron chi connectivity index (χ2n) is 3.87. The van der Waals surface area contributed by atoms with Crippen LogP contribution < -0.4 is 5.73 Å². The van der Waals surface area contributed by atoms with Crippen molar-refractivity contribution in [2.24, 2.45) is 5.73 Å². The summed E-state index contributed by atoms with van der Waals surface area (Å²) in [7, 11) is 0. The number of hydrogen-bond donors (Lipinski definition) is 2. The number of nitrogens with zero attached hydrogens (tertiary/aromatic N) is 1. The highest BCUT2D eigenvalue weighted by atomic mass is 16.5. The van der Waals surface area contributed by atoms with Crippen molar-refractivity contribution < 1.29 is 4.74 Å². The third kappa shape index (κ3) is 2.33. The Morgan fingerprint density at radius 1 is 1.50 bits per heavy atom. The summed E-state index contributed by atoms with van der Waals surface area (Å²) >= 11 is 0. The van der Waals surface area contributed by atoms with Crippen LogP contribution in [0.1, 0.15) is 31.4 Å². The summed E-state index contributed by atoms with van der Waals surface area (Å²) in [5.74, 6) is 0. The molecule has 0 amide bonds. The predicted octanol–water partition coefficient (Wildman–Crippen LogP) is 1.20. The summed E-state index contributed by atoms with van der Waals surface area (Å²) in [6.07, 6.45) is 8.34. The average molecular weight is 195 g/mol. The maximum atomic E-state index is 5.97. The molecule has 2 atom stereocenters. The lowest BCUT2D eigenvalue weighted by atomic mass is 9.93. The van der Waals surface area contributed by atoms with Gasteiger partial charge in [0.15, 0.2) is 0 Å². The van der Waals surface area contributed by atoms with E-state index in [2.05, 4.69) is 9.97 Å². The molecule has 1 fully saturated rings. The van der Waals surface area contributed by atoms with Gasteiger partial charge in [-0.1, -0.05) is 12.8 Å². The number of imidazole rings is 1. The average Bonchev–Trinajstić information content (AvgIpc) is 2.69. The Balaban J connectivity index is 1.79. The Morgan fingerprint density at radius 3 is 3.07 bits per heavy atom. The van der Waals surface area contributed by atoms with Crippen molar-refractivity contribution >= 4 is 0 Å². The first-order valence-electron chi connectivity index (χ1n) is 5.20. The summed E-state index contributed by atoms with van der Waals surface area (Å²) in [5.41, 5.74) is 6.98. The van der Waals surface area contributed by atoms with Gasteiger partial charge in [-0.05, 0) is 12.8 Å². The van der Waals surface area contributed by atoms with Crippen molar-refractivity contribution in [2.75, 3.05) is 0 Å². The summed E-state index contributed by atoms with van der Waals surface area (Å²) in [6, 6.07) is 0.215. The van der Waals surface area contributed by atoms with Crippen LogP contribution in [0.25, 0.3) is 0 Å². The molecule has 1 aromatic heterocycles. The fourth-order valence-electron chi connectivity index (χ4n) is 1.89. The molecule has 78 valence electrons. The summed E-state index contributed by atoms with van der Waals surface area (Å²) in [6.45, 7) is 0.596. The normalized spacial score (nSPS) is 27.8. The third-order valence-electron chi connectivity index (χ3n) is 2.76. The van der Waals surface area contributed by atoms with Crippen LogP contribution in [0.2, 0.25) is 0 Å². The molecule has 1 aromatic rings. The number of ether oxygens (including phenoxy) is 1. The van der Waals surface area contributed by atoms with Gasteiger partial charge < -0.3 is 15.5 Å². The van der Waals surface area contributed by atoms with E-state index in [0.717, 1.165) is 18.5 Å². The molecule has 4 nitrogen and oxygen atoms in total. The molecule has 1 aliphatic rings. The lowest BCUT2D eigenvalue weighted by Crippen LogP contribution is -2.39. The maximum absolute atomic E-state index is 5.97. The second-order valence-corrected chi connectivity index (χ2v) is 3.87. The van der Waals surface area contributed by atoms with Crippen LogP contribution in [0, 0.1) is 0 Å². The Morgan fingerprint density at radius 2 is 2.36 bits per heavy atom. The maximum Gasteiger partial charge on any atom is 0.0922 e. The first-order chi connectivity index (χ1) is 6.86. The fraction of sp³-hybridized carbons (Fsp3) is 0.700. The lowest BCUT2D eigenvalue weighted by Gasteiger charge is -2.28. The minimum absolute atomic E-state index is 0.215. The van der Waals surface area contributed by atoms with Crippen LogP contribution in [0.4, 0.5) is 0 Å². The van der Waals surface area contributed by atoms with Gasteiger partial charge in [0.05, 0.1) is 30.9 Å². The van der Waals surface area contributed by atoms with Crippen molar-refractivity contribution in [3.8, 4) is 0 Å². The summed E-state index contributed by atoms with van der Waals surface area (Å²) in [4.78, 5) is 6.95. The number of H-pyrrole nitrogens is 1. The zero-order valence-corrected chi connectivity index (χ0v) is 8.28. The molecule has 0 radical (unpaired) electrons. The topological polar surface area (TPSA) is 63.9 Å². The van der Waals surface area contributed by atoms with Crippen LogP contribution in [0.15, 0.2) is 12.5 Å². The van der Waals surface area contributed by atoms with Gasteiger partial charge in [0.1, 0.15) is 0 Å². The molecular formula is C10H17N3O. The fourth-order valence-corrected chi connectivity index (χ4v) is 1.89. The number of hydrogen-bond acceptors (Lipinski definition) is 3. The minimum atomic E-state index is 0.215. The molecule has 1 aliphatic carbocycles. The molecule has 0 unspecified atom stereocenters. The molecule has 0 aromatic carbocycles. The molecule has 0 saturated heterocycles. The van der Waals surface area contributed by atoms with E-state index in [9.17, 15) is 0 Å². The number of nitrogens with two attached hydrogens (primary N) is 1. The van der Waals surface area contributed by atoms with E-state index in [0.29, 0.717) is 6.61 Å². The van der Waals surface area contributed by atoms with Gasteiger partial charge in [-0.15, -0.1) is 0 Å². The van der Waals surface area contributed by atoms with Crippen molar-refractivity contribution in [3.63, 3.8) is 0 Å². The molecule has 0 aliphatic heterocycles. The third-order valence-corrected chi connectivity index (χ3v) is 2.76. The molecule has 1 saturated carbocycles. The van der Waals surface area contributed by atoms with Crippen LogP contribution in [0.5, 0.6) is 0 Å². The largest absolute Gasteiger partial charge is 0.370 e. The van der Waals surface area contributed by atoms with Crippen molar-refractivity contribution in [1.29, 1.82) is 0 Å². The number of aromatic amines is 1. The van der Waals surface area contributed by atoms with Crippen molar-refractivity contribution in [2.45, 2.75) is 44.4 Å². The zero-order valence-electron chi connectivity index (χ0n) is 8.28. The van der Waals surface area contributed by atoms with E-state index in [-0.39, 0.29) is 12.1 Å². The highest BCUT2D eigenvalue weighted by Crippen LogP contribution is 2.20. The second kappa shape index (κ2) is 4.57. The highest BCUT2D eigenvalue weighted by molar-refractivity contribution is 4.92. The quantitative estimate of drug-likeness (QED) is 0.761. The molecule has 0 bridgehead atoms. The Hall–Kier alpha value is -0.870. The van der Waals surface area contributed by atoms with E-state index in [1.165, 1.54) is 12.8 Å². The number of aromatic nitrogens is 2. The van der Waals surface area contributed by atoms with E-state index >= 15 is 0 Å². The Labute approximate surface area is 83.9 Å². The van der Waals surface area contributed by atoms with Crippen LogP contribution in [-0.2, 0) is 11.3 Å². The van der Waals surface area contributed by atoms with Crippen LogP contribution in [0.3, 0.4) is 0 Å². The van der Waals surface area contributed by atoms with Gasteiger partial charge >= 0.3 is 0 Å². The molecule has 2 rings (SSSR count). The molecule has 0 spiro atoms. The van der Waals surface area contributed by atoms with Crippen LogP contribution >= 0.6 is 0 Å². The first kappa shape index (κ1) is 9.68. The summed E-state index contributed by atoms with van der Waals surface area (Å²) in [5, 5.41) is 0. The monoisotopic (exact) mass is 195 g/mol. The molecule has 4 heteroatoms. The van der Waals surface area contributed by atoms with E-state index in [4.69, 9.17) is 10.5 Å². The molecule has 3 N–H and O–H groups in total. The SMILES string of the molecule is N[C@H]1CCCC[C@H]1OCc1cnc[nH]1. The zero-order chi connectivity index (χ0) is 9.80. The summed E-state index contributed by atoms with van der Waals surface area (Å²) < 4.78 is 5.74. The van der Waals surface area contributed by atoms with E-state index < -0.39 is 0 Å². The first-order valence-corrected chi connectivity index (χ1v) is 5.20. The van der Waals surface area contributed by atoms with E-state index in [1.54, 1.807) is 12.5 Å². The Bertz CT molecular complexity index is 260.